The maximum atomic E-state index is 12.6. The summed E-state index contributed by atoms with van der Waals surface area (Å²) in [4.78, 5) is 19.7. The molecule has 5 nitrogen and oxygen atoms in total. The van der Waals surface area contributed by atoms with Gasteiger partial charge >= 0.3 is 5.97 Å². The Balaban J connectivity index is 1.56. The molecule has 0 N–H and O–H groups in total. The highest BCUT2D eigenvalue weighted by atomic mass is 16.5. The van der Waals surface area contributed by atoms with Crippen molar-refractivity contribution < 1.29 is 14.3 Å². The van der Waals surface area contributed by atoms with Crippen molar-refractivity contribution in [3.63, 3.8) is 0 Å². The van der Waals surface area contributed by atoms with E-state index in [1.54, 1.807) is 0 Å². The number of hydrogen-bond acceptors (Lipinski definition) is 5. The topological polar surface area (TPSA) is 51.1 Å². The van der Waals surface area contributed by atoms with E-state index in [0.717, 1.165) is 22.1 Å². The number of ether oxygens (including phenoxy) is 2. The Hall–Kier alpha value is -3.28. The Kier molecular flexibility index (Phi) is 4.65. The maximum absolute atomic E-state index is 12.6. The van der Waals surface area contributed by atoms with E-state index >= 15 is 0 Å². The van der Waals surface area contributed by atoms with Gasteiger partial charge in [0.25, 0.3) is 0 Å². The summed E-state index contributed by atoms with van der Waals surface area (Å²) in [6.45, 7) is 9.93. The molecule has 1 unspecified atom stereocenters. The van der Waals surface area contributed by atoms with Gasteiger partial charge in [-0.1, -0.05) is 51.0 Å². The number of para-hydroxylation sites is 1. The molecular weight excluding hydrogens is 411 g/mol. The van der Waals surface area contributed by atoms with Gasteiger partial charge in [0, 0.05) is 23.4 Å². The lowest BCUT2D eigenvalue weighted by Gasteiger charge is -2.45. The van der Waals surface area contributed by atoms with E-state index in [0.29, 0.717) is 11.5 Å². The molecule has 0 saturated carbocycles. The van der Waals surface area contributed by atoms with Crippen molar-refractivity contribution in [3.8, 4) is 11.5 Å². The summed E-state index contributed by atoms with van der Waals surface area (Å²) in [7, 11) is 3.89. The average Bonchev–Trinajstić information content (AvgIpc) is 2.97. The van der Waals surface area contributed by atoms with Crippen molar-refractivity contribution in [2.24, 2.45) is 4.99 Å². The number of esters is 1. The summed E-state index contributed by atoms with van der Waals surface area (Å²) >= 11 is 0. The van der Waals surface area contributed by atoms with Crippen molar-refractivity contribution in [3.05, 3.63) is 60.2 Å². The molecule has 6 heteroatoms. The van der Waals surface area contributed by atoms with Crippen molar-refractivity contribution in [1.82, 2.24) is 0 Å². The lowest BCUT2D eigenvalue weighted by atomic mass is 9.56. The number of rotatable bonds is 3. The van der Waals surface area contributed by atoms with Crippen molar-refractivity contribution in [2.45, 2.75) is 51.0 Å². The number of nitrogens with zero attached hydrogens (tertiary/aromatic N) is 2. The van der Waals surface area contributed by atoms with Gasteiger partial charge in [-0.05, 0) is 49.1 Å². The molecule has 1 spiro atoms. The molecule has 0 saturated heterocycles. The van der Waals surface area contributed by atoms with Crippen molar-refractivity contribution in [1.29, 1.82) is 0 Å². The van der Waals surface area contributed by atoms with Gasteiger partial charge in [-0.15, -0.1) is 0 Å². The monoisotopic (exact) mass is 439 g/mol. The fraction of sp³-hybridized carbons (Fsp3) is 0.333. The zero-order valence-corrected chi connectivity index (χ0v) is 20.0. The van der Waals surface area contributed by atoms with Crippen LogP contribution in [0.25, 0.3) is 10.8 Å². The van der Waals surface area contributed by atoms with Gasteiger partial charge in [-0.25, -0.2) is 0 Å². The number of benzene rings is 3. The van der Waals surface area contributed by atoms with Crippen LogP contribution in [-0.4, -0.2) is 32.2 Å². The van der Waals surface area contributed by atoms with Crippen molar-refractivity contribution in [2.75, 3.05) is 11.9 Å². The first-order valence-electron chi connectivity index (χ1n) is 11.3. The second kappa shape index (κ2) is 7.11. The van der Waals surface area contributed by atoms with Crippen molar-refractivity contribution >= 4 is 41.6 Å². The van der Waals surface area contributed by atoms with Crippen LogP contribution in [0.2, 0.25) is 12.1 Å². The SMILES string of the molecule is C[B]C(C)(C)C(=O)Oc1ccc2ccc3c(c2c1)N=CC1(O3)N(C)c2ccccc2C1(C)C. The number of carbonyl (C=O) groups excluding carboxylic acids is 1. The number of fused-ring (bicyclic) bond motifs is 4. The summed E-state index contributed by atoms with van der Waals surface area (Å²) in [5.74, 6) is 0.917. The molecule has 3 aromatic carbocycles. The summed E-state index contributed by atoms with van der Waals surface area (Å²) in [6, 6.07) is 18.0. The molecule has 2 heterocycles. The average molecular weight is 439 g/mol. The largest absolute Gasteiger partial charge is 0.459 e. The van der Waals surface area contributed by atoms with Gasteiger partial charge in [0.2, 0.25) is 5.72 Å². The molecule has 3 aromatic rings. The lowest BCUT2D eigenvalue weighted by molar-refractivity contribution is -0.136. The van der Waals surface area contributed by atoms with Crippen LogP contribution in [0.1, 0.15) is 33.3 Å². The Morgan fingerprint density at radius 3 is 2.58 bits per heavy atom. The molecule has 1 radical (unpaired) electrons. The van der Waals surface area contributed by atoms with Gasteiger partial charge in [0.05, 0.1) is 11.6 Å². The Bertz CT molecular complexity index is 1310. The molecule has 2 aliphatic rings. The molecule has 1 atom stereocenters. The highest BCUT2D eigenvalue weighted by molar-refractivity contribution is 6.44. The Labute approximate surface area is 195 Å². The van der Waals surface area contributed by atoms with Crippen LogP contribution in [0.3, 0.4) is 0 Å². The number of likely N-dealkylation sites (N-methyl/N-ethyl adjacent to an activating group) is 1. The molecule has 0 bridgehead atoms. The first-order valence-corrected chi connectivity index (χ1v) is 11.3. The summed E-state index contributed by atoms with van der Waals surface area (Å²) < 4.78 is 12.4. The van der Waals surface area contributed by atoms with Gasteiger partial charge < -0.3 is 14.4 Å². The lowest BCUT2D eigenvalue weighted by Crippen LogP contribution is -2.61. The highest BCUT2D eigenvalue weighted by Gasteiger charge is 2.58. The fourth-order valence-corrected chi connectivity index (χ4v) is 4.77. The third-order valence-electron chi connectivity index (χ3n) is 7.35. The molecule has 0 aliphatic carbocycles. The minimum atomic E-state index is -0.734. The fourth-order valence-electron chi connectivity index (χ4n) is 4.77. The maximum Gasteiger partial charge on any atom is 0.308 e. The second-order valence-electron chi connectivity index (χ2n) is 9.95. The molecule has 2 aliphatic heterocycles. The summed E-state index contributed by atoms with van der Waals surface area (Å²) in [6.07, 6.45) is 1.92. The minimum absolute atomic E-state index is 0.292. The zero-order valence-electron chi connectivity index (χ0n) is 20.0. The molecule has 0 amide bonds. The standard InChI is InChI=1S/C27H28BN2O3/c1-25(2)20-9-7-8-10-21(20)30(6)27(25)16-29-23-19-15-18(32-24(31)26(3,4)28-5)13-11-17(19)12-14-22(23)33-27/h7-16H,1-6H3. The molecule has 0 fully saturated rings. The zero-order chi connectivity index (χ0) is 23.6. The summed E-state index contributed by atoms with van der Waals surface area (Å²) in [5.41, 5.74) is 2.07. The van der Waals surface area contributed by atoms with Crippen LogP contribution < -0.4 is 14.4 Å². The van der Waals surface area contributed by atoms with E-state index in [-0.39, 0.29) is 11.4 Å². The summed E-state index contributed by atoms with van der Waals surface area (Å²) in [5, 5.41) is 1.24. The van der Waals surface area contributed by atoms with E-state index in [1.807, 2.05) is 70.6 Å². The molecule has 5 rings (SSSR count). The van der Waals surface area contributed by atoms with Gasteiger partial charge in [-0.2, -0.15) is 0 Å². The predicted octanol–water partition coefficient (Wildman–Crippen LogP) is 5.91. The third kappa shape index (κ3) is 3.00. The van der Waals surface area contributed by atoms with E-state index in [9.17, 15) is 4.79 Å². The van der Waals surface area contributed by atoms with E-state index in [2.05, 4.69) is 44.0 Å². The Morgan fingerprint density at radius 2 is 1.85 bits per heavy atom. The predicted molar refractivity (Wildman–Crippen MR) is 135 cm³/mol. The van der Waals surface area contributed by atoms with E-state index in [4.69, 9.17) is 14.5 Å². The number of hydrogen-bond donors (Lipinski definition) is 0. The van der Waals surface area contributed by atoms with Crippen LogP contribution in [0.5, 0.6) is 11.5 Å². The molecule has 167 valence electrons. The highest BCUT2D eigenvalue weighted by Crippen LogP contribution is 2.54. The first-order chi connectivity index (χ1) is 15.6. The first kappa shape index (κ1) is 21.6. The minimum Gasteiger partial charge on any atom is -0.459 e. The number of anilines is 1. The quantitative estimate of drug-likeness (QED) is 0.289. The third-order valence-corrected chi connectivity index (χ3v) is 7.35. The normalized spacial score (nSPS) is 20.4. The number of carbonyl (C=O) groups is 1. The second-order valence-corrected chi connectivity index (χ2v) is 9.95. The molecular formula is C27H28BN2O3. The Morgan fingerprint density at radius 1 is 1.12 bits per heavy atom. The molecule has 0 aromatic heterocycles. The smallest absolute Gasteiger partial charge is 0.308 e. The van der Waals surface area contributed by atoms with Crippen LogP contribution in [0.15, 0.2) is 59.6 Å². The van der Waals surface area contributed by atoms with Crippen LogP contribution in [0.4, 0.5) is 11.4 Å². The van der Waals surface area contributed by atoms with Crippen LogP contribution >= 0.6 is 0 Å². The van der Waals surface area contributed by atoms with E-state index in [1.165, 1.54) is 5.56 Å². The molecule has 33 heavy (non-hydrogen) atoms. The van der Waals surface area contributed by atoms with Crippen LogP contribution in [-0.2, 0) is 10.2 Å². The van der Waals surface area contributed by atoms with Gasteiger partial charge in [-0.3, -0.25) is 9.79 Å². The van der Waals surface area contributed by atoms with Crippen LogP contribution in [0, 0.1) is 0 Å². The van der Waals surface area contributed by atoms with E-state index < -0.39 is 11.0 Å². The number of aliphatic imine (C=N–C) groups is 1. The van der Waals surface area contributed by atoms with Gasteiger partial charge in [0.15, 0.2) is 0 Å². The van der Waals surface area contributed by atoms with Gasteiger partial charge in [0.1, 0.15) is 24.5 Å².